The van der Waals surface area contributed by atoms with Gasteiger partial charge in [0, 0.05) is 37.3 Å². The fraction of sp³-hybridized carbons (Fsp3) is 0.190. The molecule has 5 rings (SSSR count). The minimum absolute atomic E-state index is 0.164. The minimum atomic E-state index is -1.39. The quantitative estimate of drug-likeness (QED) is 0.327. The van der Waals surface area contributed by atoms with E-state index in [9.17, 15) is 22.8 Å². The number of nitrogens with one attached hydrogen (secondary N) is 1. The van der Waals surface area contributed by atoms with E-state index in [2.05, 4.69) is 30.9 Å². The topological polar surface area (TPSA) is 130 Å². The van der Waals surface area contributed by atoms with E-state index in [-0.39, 0.29) is 34.6 Å². The number of aromatic nitrogens is 9. The number of tetrazole rings is 1. The van der Waals surface area contributed by atoms with Crippen molar-refractivity contribution in [3.05, 3.63) is 85.3 Å². The zero-order valence-corrected chi connectivity index (χ0v) is 19.9. The third-order valence-electron chi connectivity index (χ3n) is 5.53. The lowest BCUT2D eigenvalue weighted by atomic mass is 10.2. The number of halogens is 4. The Morgan fingerprint density at radius 3 is 2.46 bits per heavy atom. The van der Waals surface area contributed by atoms with Gasteiger partial charge >= 0.3 is 11.4 Å². The van der Waals surface area contributed by atoms with Crippen LogP contribution in [0.5, 0.6) is 0 Å². The van der Waals surface area contributed by atoms with Gasteiger partial charge in [-0.3, -0.25) is 9.25 Å². The number of fused-ring (bicyclic) bond motifs is 1. The fourth-order valence-corrected chi connectivity index (χ4v) is 3.87. The summed E-state index contributed by atoms with van der Waals surface area (Å²) in [4.78, 5) is 30.2. The van der Waals surface area contributed by atoms with E-state index in [0.29, 0.717) is 23.0 Å². The molecular weight excluding hydrogens is 517 g/mol. The second-order valence-corrected chi connectivity index (χ2v) is 8.48. The van der Waals surface area contributed by atoms with Gasteiger partial charge in [0.2, 0.25) is 5.95 Å². The lowest BCUT2D eigenvalue weighted by molar-refractivity contribution is 0.485. The molecule has 37 heavy (non-hydrogen) atoms. The predicted octanol–water partition coefficient (Wildman–Crippen LogP) is 1.73. The van der Waals surface area contributed by atoms with Crippen molar-refractivity contribution in [3.63, 3.8) is 0 Å². The molecule has 0 amide bonds. The summed E-state index contributed by atoms with van der Waals surface area (Å²) in [5.41, 5.74) is -1.39. The summed E-state index contributed by atoms with van der Waals surface area (Å²) in [6.07, 6.45) is 1.72. The number of benzene rings is 2. The number of rotatable bonds is 6. The maximum atomic E-state index is 14.5. The zero-order valence-electron chi connectivity index (χ0n) is 19.2. The van der Waals surface area contributed by atoms with Gasteiger partial charge in [-0.05, 0) is 28.6 Å². The molecule has 0 fully saturated rings. The summed E-state index contributed by atoms with van der Waals surface area (Å²) < 4.78 is 46.3. The Labute approximate surface area is 209 Å². The van der Waals surface area contributed by atoms with Crippen LogP contribution < -0.4 is 16.7 Å². The van der Waals surface area contributed by atoms with Crippen LogP contribution in [-0.4, -0.2) is 44.1 Å². The van der Waals surface area contributed by atoms with Crippen LogP contribution in [0.1, 0.15) is 11.4 Å². The summed E-state index contributed by atoms with van der Waals surface area (Å²) >= 11 is 6.38. The minimum Gasteiger partial charge on any atom is -0.324 e. The SMILES string of the molecule is Cn1cc2cc(Nc3nc(=O)n(Cc4nnnn4C)c(=O)n3Cc3cc(F)c(F)cc3F)c(Cl)cc2n1. The number of hydrogen-bond acceptors (Lipinski definition) is 8. The molecule has 1 N–H and O–H groups in total. The Balaban J connectivity index is 1.65. The van der Waals surface area contributed by atoms with Gasteiger partial charge in [-0.25, -0.2) is 32.0 Å². The van der Waals surface area contributed by atoms with E-state index in [1.165, 1.54) is 11.7 Å². The van der Waals surface area contributed by atoms with Crippen molar-refractivity contribution in [1.29, 1.82) is 0 Å². The van der Waals surface area contributed by atoms with Gasteiger partial charge < -0.3 is 5.32 Å². The van der Waals surface area contributed by atoms with Crippen LogP contribution in [0.3, 0.4) is 0 Å². The molecule has 0 spiro atoms. The van der Waals surface area contributed by atoms with Gasteiger partial charge in [-0.15, -0.1) is 5.10 Å². The molecule has 0 saturated carbocycles. The monoisotopic (exact) mass is 532 g/mol. The molecule has 0 bridgehead atoms. The average Bonchev–Trinajstić information content (AvgIpc) is 3.40. The zero-order chi connectivity index (χ0) is 26.4. The van der Waals surface area contributed by atoms with Crippen molar-refractivity contribution in [2.45, 2.75) is 13.1 Å². The molecule has 12 nitrogen and oxygen atoms in total. The molecular formula is C21H16ClF3N10O2. The molecule has 0 radical (unpaired) electrons. The molecule has 3 heterocycles. The largest absolute Gasteiger partial charge is 0.355 e. The molecule has 0 atom stereocenters. The normalized spacial score (nSPS) is 11.4. The van der Waals surface area contributed by atoms with E-state index in [4.69, 9.17) is 11.6 Å². The van der Waals surface area contributed by atoms with Gasteiger partial charge in [-0.1, -0.05) is 11.6 Å². The molecule has 2 aromatic carbocycles. The number of aryl methyl sites for hydroxylation is 2. The lowest BCUT2D eigenvalue weighted by Gasteiger charge is -2.16. The molecule has 0 unspecified atom stereocenters. The average molecular weight is 533 g/mol. The van der Waals surface area contributed by atoms with Crippen LogP contribution >= 0.6 is 11.6 Å². The Morgan fingerprint density at radius 2 is 1.73 bits per heavy atom. The van der Waals surface area contributed by atoms with E-state index in [1.807, 2.05) is 0 Å². The fourth-order valence-electron chi connectivity index (χ4n) is 3.67. The molecule has 0 aliphatic heterocycles. The summed E-state index contributed by atoms with van der Waals surface area (Å²) in [6.45, 7) is -0.946. The number of anilines is 2. The standard InChI is InChI=1S/C21H16ClF3N10O2/c1-32-7-11-4-17(12(22)5-16(11)29-32)26-19-27-20(36)35(9-18-28-30-31-33(18)2)21(37)34(19)8-10-3-14(24)15(25)6-13(10)23/h3-7H,8-9H2,1-2H3,(H,26,27,36). The maximum Gasteiger partial charge on any atom is 0.355 e. The van der Waals surface area contributed by atoms with Crippen LogP contribution in [0.2, 0.25) is 5.02 Å². The Morgan fingerprint density at radius 1 is 0.973 bits per heavy atom. The first kappa shape index (κ1) is 24.2. The summed E-state index contributed by atoms with van der Waals surface area (Å²) in [6, 6.07) is 4.18. The van der Waals surface area contributed by atoms with Crippen LogP contribution in [0.4, 0.5) is 24.8 Å². The van der Waals surface area contributed by atoms with Crippen LogP contribution in [-0.2, 0) is 27.2 Å². The molecule has 0 saturated heterocycles. The van der Waals surface area contributed by atoms with Gasteiger partial charge in [0.25, 0.3) is 0 Å². The highest BCUT2D eigenvalue weighted by atomic mass is 35.5. The number of nitrogens with zero attached hydrogens (tertiary/aromatic N) is 9. The van der Waals surface area contributed by atoms with E-state index in [0.717, 1.165) is 9.13 Å². The lowest BCUT2D eigenvalue weighted by Crippen LogP contribution is -2.43. The Hall–Kier alpha value is -4.53. The van der Waals surface area contributed by atoms with Gasteiger partial charge in [-0.2, -0.15) is 10.1 Å². The second-order valence-electron chi connectivity index (χ2n) is 8.07. The summed E-state index contributed by atoms with van der Waals surface area (Å²) in [5, 5.41) is 18.8. The molecule has 190 valence electrons. The molecule has 3 aromatic heterocycles. The van der Waals surface area contributed by atoms with Crippen molar-refractivity contribution in [1.82, 2.24) is 44.1 Å². The van der Waals surface area contributed by atoms with Crippen molar-refractivity contribution in [2.24, 2.45) is 14.1 Å². The highest BCUT2D eigenvalue weighted by Gasteiger charge is 2.20. The summed E-state index contributed by atoms with van der Waals surface area (Å²) in [7, 11) is 3.23. The van der Waals surface area contributed by atoms with E-state index < -0.39 is 35.4 Å². The van der Waals surface area contributed by atoms with Crippen LogP contribution in [0.25, 0.3) is 10.9 Å². The molecule has 16 heteroatoms. The second kappa shape index (κ2) is 9.16. The van der Waals surface area contributed by atoms with Crippen molar-refractivity contribution < 1.29 is 13.2 Å². The van der Waals surface area contributed by atoms with E-state index in [1.54, 1.807) is 30.1 Å². The predicted molar refractivity (Wildman–Crippen MR) is 125 cm³/mol. The number of hydrogen-bond donors (Lipinski definition) is 1. The van der Waals surface area contributed by atoms with Gasteiger partial charge in [0.15, 0.2) is 17.5 Å². The third kappa shape index (κ3) is 4.55. The van der Waals surface area contributed by atoms with Crippen molar-refractivity contribution in [3.8, 4) is 0 Å². The smallest absolute Gasteiger partial charge is 0.324 e. The van der Waals surface area contributed by atoms with Gasteiger partial charge in [0.05, 0.1) is 29.3 Å². The first-order valence-corrected chi connectivity index (χ1v) is 10.9. The maximum absolute atomic E-state index is 14.5. The van der Waals surface area contributed by atoms with Crippen LogP contribution in [0.15, 0.2) is 40.1 Å². The van der Waals surface area contributed by atoms with E-state index >= 15 is 0 Å². The third-order valence-corrected chi connectivity index (χ3v) is 5.84. The highest BCUT2D eigenvalue weighted by molar-refractivity contribution is 6.34. The Bertz CT molecular complexity index is 1790. The first-order chi connectivity index (χ1) is 17.6. The highest BCUT2D eigenvalue weighted by Crippen LogP contribution is 2.29. The Kier molecular flexibility index (Phi) is 5.99. The van der Waals surface area contributed by atoms with Crippen LogP contribution in [0, 0.1) is 17.5 Å². The molecule has 5 aromatic rings. The summed E-state index contributed by atoms with van der Waals surface area (Å²) in [5.74, 6) is -3.94. The van der Waals surface area contributed by atoms with Gasteiger partial charge in [0.1, 0.15) is 5.82 Å². The molecule has 0 aliphatic carbocycles. The van der Waals surface area contributed by atoms with Crippen molar-refractivity contribution >= 4 is 34.1 Å². The first-order valence-electron chi connectivity index (χ1n) is 10.6. The van der Waals surface area contributed by atoms with Crippen molar-refractivity contribution in [2.75, 3.05) is 5.32 Å². The molecule has 0 aliphatic rings.